The standard InChI is InChI=1S/C10H6O3/c11-10(12)8-7-5-3-1-2-4-6(5)13-9(7)8/h1-4,8H,(H,11,12). The summed E-state index contributed by atoms with van der Waals surface area (Å²) in [6, 6.07) is 7.50. The molecule has 1 N–H and O–H groups in total. The van der Waals surface area contributed by atoms with Crippen molar-refractivity contribution in [2.75, 3.05) is 0 Å². The Morgan fingerprint density at radius 3 is 2.92 bits per heavy atom. The molecule has 1 aromatic heterocycles. The van der Waals surface area contributed by atoms with Crippen LogP contribution in [0.1, 0.15) is 17.2 Å². The van der Waals surface area contributed by atoms with Crippen molar-refractivity contribution in [3.63, 3.8) is 0 Å². The van der Waals surface area contributed by atoms with Crippen LogP contribution in [-0.4, -0.2) is 11.1 Å². The lowest BCUT2D eigenvalue weighted by molar-refractivity contribution is -0.136. The van der Waals surface area contributed by atoms with E-state index in [1.54, 1.807) is 0 Å². The average Bonchev–Trinajstić information content (AvgIpc) is 2.71. The normalized spacial score (nSPS) is 18.6. The Bertz CT molecular complexity index is 510. The van der Waals surface area contributed by atoms with Gasteiger partial charge in [0.2, 0.25) is 0 Å². The van der Waals surface area contributed by atoms with Gasteiger partial charge in [-0.05, 0) is 6.07 Å². The van der Waals surface area contributed by atoms with Gasteiger partial charge in [-0.15, -0.1) is 0 Å². The van der Waals surface area contributed by atoms with Gasteiger partial charge in [0.15, 0.2) is 0 Å². The van der Waals surface area contributed by atoms with Crippen LogP contribution in [0.4, 0.5) is 0 Å². The van der Waals surface area contributed by atoms with Crippen LogP contribution >= 0.6 is 0 Å². The first-order valence-corrected chi connectivity index (χ1v) is 4.03. The van der Waals surface area contributed by atoms with Crippen molar-refractivity contribution in [1.29, 1.82) is 0 Å². The summed E-state index contributed by atoms with van der Waals surface area (Å²) in [6.07, 6.45) is 0. The summed E-state index contributed by atoms with van der Waals surface area (Å²) in [7, 11) is 0. The second-order valence-corrected chi connectivity index (χ2v) is 3.15. The number of hydrogen-bond donors (Lipinski definition) is 1. The van der Waals surface area contributed by atoms with Gasteiger partial charge in [-0.2, -0.15) is 0 Å². The third-order valence-electron chi connectivity index (χ3n) is 2.38. The number of fused-ring (bicyclic) bond motifs is 3. The van der Waals surface area contributed by atoms with Crippen molar-refractivity contribution in [2.45, 2.75) is 5.92 Å². The molecule has 0 amide bonds. The van der Waals surface area contributed by atoms with E-state index in [1.807, 2.05) is 24.3 Å². The van der Waals surface area contributed by atoms with Crippen molar-refractivity contribution >= 4 is 16.9 Å². The smallest absolute Gasteiger partial charge is 0.318 e. The zero-order valence-electron chi connectivity index (χ0n) is 6.65. The topological polar surface area (TPSA) is 50.4 Å². The lowest BCUT2D eigenvalue weighted by Crippen LogP contribution is -1.96. The van der Waals surface area contributed by atoms with Crippen LogP contribution in [0.15, 0.2) is 28.7 Å². The summed E-state index contributed by atoms with van der Waals surface area (Å²) < 4.78 is 5.35. The lowest BCUT2D eigenvalue weighted by Gasteiger charge is -1.92. The van der Waals surface area contributed by atoms with E-state index in [4.69, 9.17) is 9.52 Å². The predicted molar refractivity (Wildman–Crippen MR) is 45.7 cm³/mol. The molecule has 3 rings (SSSR count). The van der Waals surface area contributed by atoms with Gasteiger partial charge >= 0.3 is 5.97 Å². The zero-order valence-corrected chi connectivity index (χ0v) is 6.65. The summed E-state index contributed by atoms with van der Waals surface area (Å²) in [4.78, 5) is 10.7. The molecule has 13 heavy (non-hydrogen) atoms. The van der Waals surface area contributed by atoms with Gasteiger partial charge in [-0.1, -0.05) is 18.2 Å². The number of para-hydroxylation sites is 1. The molecule has 1 atom stereocenters. The summed E-state index contributed by atoms with van der Waals surface area (Å²) in [6.45, 7) is 0. The van der Waals surface area contributed by atoms with Gasteiger partial charge in [0.05, 0.1) is 0 Å². The van der Waals surface area contributed by atoms with E-state index in [0.717, 1.165) is 16.5 Å². The zero-order chi connectivity index (χ0) is 9.00. The first-order valence-electron chi connectivity index (χ1n) is 4.03. The molecule has 1 heterocycles. The third-order valence-corrected chi connectivity index (χ3v) is 2.38. The molecule has 1 aliphatic rings. The lowest BCUT2D eigenvalue weighted by atomic mass is 10.2. The van der Waals surface area contributed by atoms with Crippen LogP contribution in [0.3, 0.4) is 0 Å². The maximum Gasteiger partial charge on any atom is 0.318 e. The molecule has 3 heteroatoms. The molecule has 0 spiro atoms. The Hall–Kier alpha value is -1.77. The van der Waals surface area contributed by atoms with Crippen LogP contribution in [0, 0.1) is 0 Å². The van der Waals surface area contributed by atoms with Crippen LogP contribution in [0.2, 0.25) is 0 Å². The van der Waals surface area contributed by atoms with Gasteiger partial charge in [0, 0.05) is 10.9 Å². The quantitative estimate of drug-likeness (QED) is 0.718. The monoisotopic (exact) mass is 174 g/mol. The van der Waals surface area contributed by atoms with E-state index >= 15 is 0 Å². The maximum absolute atomic E-state index is 10.7. The van der Waals surface area contributed by atoms with Crippen molar-refractivity contribution in [3.8, 4) is 0 Å². The van der Waals surface area contributed by atoms with E-state index in [2.05, 4.69) is 0 Å². The minimum atomic E-state index is -0.820. The van der Waals surface area contributed by atoms with Crippen LogP contribution in [0.25, 0.3) is 11.0 Å². The summed E-state index contributed by atoms with van der Waals surface area (Å²) in [5.74, 6) is -0.678. The minimum Gasteiger partial charge on any atom is -0.480 e. The van der Waals surface area contributed by atoms with E-state index in [0.29, 0.717) is 5.76 Å². The third kappa shape index (κ3) is 0.710. The van der Waals surface area contributed by atoms with Gasteiger partial charge in [-0.3, -0.25) is 4.79 Å². The molecule has 0 bridgehead atoms. The van der Waals surface area contributed by atoms with Crippen molar-refractivity contribution in [3.05, 3.63) is 35.6 Å². The molecule has 0 saturated heterocycles. The van der Waals surface area contributed by atoms with Crippen molar-refractivity contribution < 1.29 is 14.3 Å². The number of carboxylic acids is 1. The number of carboxylic acid groups (broad SMARTS) is 1. The molecular formula is C10H6O3. The van der Waals surface area contributed by atoms with E-state index in [1.165, 1.54) is 0 Å². The Morgan fingerprint density at radius 2 is 2.15 bits per heavy atom. The molecule has 0 aliphatic heterocycles. The summed E-state index contributed by atoms with van der Waals surface area (Å²) >= 11 is 0. The maximum atomic E-state index is 10.7. The Morgan fingerprint density at radius 1 is 1.38 bits per heavy atom. The highest BCUT2D eigenvalue weighted by Crippen LogP contribution is 2.50. The number of rotatable bonds is 1. The fourth-order valence-corrected chi connectivity index (χ4v) is 1.74. The predicted octanol–water partition coefficient (Wildman–Crippen LogP) is 1.96. The number of hydrogen-bond acceptors (Lipinski definition) is 2. The van der Waals surface area contributed by atoms with Crippen LogP contribution in [-0.2, 0) is 4.79 Å². The van der Waals surface area contributed by atoms with Gasteiger partial charge in [-0.25, -0.2) is 0 Å². The molecule has 64 valence electrons. The molecule has 1 aliphatic carbocycles. The van der Waals surface area contributed by atoms with Gasteiger partial charge in [0.1, 0.15) is 17.3 Å². The molecular weight excluding hydrogens is 168 g/mol. The molecule has 2 aromatic rings. The number of carbonyl (C=O) groups is 1. The Balaban J connectivity index is 2.24. The Labute approximate surface area is 73.6 Å². The second kappa shape index (κ2) is 1.93. The van der Waals surface area contributed by atoms with E-state index < -0.39 is 11.9 Å². The number of aliphatic carboxylic acids is 1. The molecule has 3 nitrogen and oxygen atoms in total. The largest absolute Gasteiger partial charge is 0.480 e. The minimum absolute atomic E-state index is 0.477. The van der Waals surface area contributed by atoms with Gasteiger partial charge in [0.25, 0.3) is 0 Å². The first-order chi connectivity index (χ1) is 6.29. The van der Waals surface area contributed by atoms with Crippen molar-refractivity contribution in [2.24, 2.45) is 0 Å². The fraction of sp³-hybridized carbons (Fsp3) is 0.100. The van der Waals surface area contributed by atoms with E-state index in [-0.39, 0.29) is 0 Å². The Kier molecular flexibility index (Phi) is 0.999. The molecule has 0 fully saturated rings. The highest BCUT2D eigenvalue weighted by Gasteiger charge is 2.46. The van der Waals surface area contributed by atoms with Gasteiger partial charge < -0.3 is 9.52 Å². The molecule has 1 unspecified atom stereocenters. The van der Waals surface area contributed by atoms with E-state index in [9.17, 15) is 4.79 Å². The molecule has 0 radical (unpaired) electrons. The number of furan rings is 1. The highest BCUT2D eigenvalue weighted by molar-refractivity contribution is 5.99. The molecule has 0 saturated carbocycles. The van der Waals surface area contributed by atoms with Crippen LogP contribution in [0.5, 0.6) is 0 Å². The molecule has 1 aromatic carbocycles. The first kappa shape index (κ1) is 6.71. The highest BCUT2D eigenvalue weighted by atomic mass is 16.4. The van der Waals surface area contributed by atoms with Crippen LogP contribution < -0.4 is 0 Å². The fourth-order valence-electron chi connectivity index (χ4n) is 1.74. The number of benzene rings is 1. The summed E-state index contributed by atoms with van der Waals surface area (Å²) in [5, 5.41) is 9.70. The summed E-state index contributed by atoms with van der Waals surface area (Å²) in [5.41, 5.74) is 1.63. The SMILES string of the molecule is O=C(O)C1c2oc3ccccc3c21. The van der Waals surface area contributed by atoms with Crippen molar-refractivity contribution in [1.82, 2.24) is 0 Å². The second-order valence-electron chi connectivity index (χ2n) is 3.15. The average molecular weight is 174 g/mol.